The summed E-state index contributed by atoms with van der Waals surface area (Å²) in [6.07, 6.45) is 1.88. The van der Waals surface area contributed by atoms with Gasteiger partial charge in [0.1, 0.15) is 5.60 Å². The second-order valence-electron chi connectivity index (χ2n) is 4.30. The summed E-state index contributed by atoms with van der Waals surface area (Å²) in [5.41, 5.74) is 1.56. The zero-order chi connectivity index (χ0) is 10.3. The number of quaternary nitrogens is 1. The number of rotatable bonds is 0. The maximum atomic E-state index is 11.7. The predicted octanol–water partition coefficient (Wildman–Crippen LogP) is 0.409. The minimum Gasteiger partial charge on any atom is -0.450 e. The third-order valence-corrected chi connectivity index (χ3v) is 3.43. The summed E-state index contributed by atoms with van der Waals surface area (Å²) in [5.74, 6) is -0.146. The highest BCUT2D eigenvalue weighted by molar-refractivity contribution is 5.94. The van der Waals surface area contributed by atoms with Gasteiger partial charge in [0.15, 0.2) is 0 Å². The van der Waals surface area contributed by atoms with Gasteiger partial charge >= 0.3 is 5.97 Å². The summed E-state index contributed by atoms with van der Waals surface area (Å²) in [4.78, 5) is 11.7. The molecule has 1 aromatic carbocycles. The number of ether oxygens (including phenoxy) is 1. The normalized spacial score (nSPS) is 22.5. The highest BCUT2D eigenvalue weighted by Crippen LogP contribution is 2.41. The monoisotopic (exact) mass is 204 g/mol. The van der Waals surface area contributed by atoms with Crippen LogP contribution < -0.4 is 5.32 Å². The van der Waals surface area contributed by atoms with Crippen molar-refractivity contribution >= 4 is 5.97 Å². The van der Waals surface area contributed by atoms with Gasteiger partial charge in [-0.2, -0.15) is 0 Å². The van der Waals surface area contributed by atoms with Gasteiger partial charge in [-0.25, -0.2) is 4.79 Å². The molecule has 0 bridgehead atoms. The number of carbonyl (C=O) groups is 1. The molecule has 0 radical (unpaired) electrons. The largest absolute Gasteiger partial charge is 0.450 e. The summed E-state index contributed by atoms with van der Waals surface area (Å²) in [7, 11) is 0. The Morgan fingerprint density at radius 1 is 1.20 bits per heavy atom. The summed E-state index contributed by atoms with van der Waals surface area (Å²) < 4.78 is 5.60. The van der Waals surface area contributed by atoms with Crippen molar-refractivity contribution in [2.24, 2.45) is 0 Å². The van der Waals surface area contributed by atoms with Gasteiger partial charge in [0.25, 0.3) is 0 Å². The molecule has 0 unspecified atom stereocenters. The molecule has 15 heavy (non-hydrogen) atoms. The van der Waals surface area contributed by atoms with Crippen LogP contribution in [0.15, 0.2) is 24.3 Å². The van der Waals surface area contributed by atoms with Gasteiger partial charge < -0.3 is 10.1 Å². The molecule has 0 amide bonds. The molecule has 1 fully saturated rings. The van der Waals surface area contributed by atoms with E-state index in [1.807, 2.05) is 24.3 Å². The second kappa shape index (κ2) is 3.07. The molecular formula is C12H14NO2+. The van der Waals surface area contributed by atoms with Crippen LogP contribution in [0.2, 0.25) is 0 Å². The quantitative estimate of drug-likeness (QED) is 0.622. The third kappa shape index (κ3) is 1.20. The van der Waals surface area contributed by atoms with Gasteiger partial charge in [0.05, 0.1) is 18.7 Å². The topological polar surface area (TPSA) is 42.9 Å². The van der Waals surface area contributed by atoms with E-state index in [0.29, 0.717) is 0 Å². The number of esters is 1. The number of fused-ring (bicyclic) bond motifs is 2. The zero-order valence-corrected chi connectivity index (χ0v) is 8.53. The molecule has 1 aromatic rings. The summed E-state index contributed by atoms with van der Waals surface area (Å²) in [6, 6.07) is 7.78. The molecule has 0 saturated carbocycles. The van der Waals surface area contributed by atoms with Crippen LogP contribution in [0.4, 0.5) is 0 Å². The summed E-state index contributed by atoms with van der Waals surface area (Å²) in [6.45, 7) is 2.09. The van der Waals surface area contributed by atoms with Gasteiger partial charge in [0.2, 0.25) is 0 Å². The molecule has 0 atom stereocenters. The number of piperidine rings is 1. The van der Waals surface area contributed by atoms with E-state index >= 15 is 0 Å². The van der Waals surface area contributed by atoms with E-state index < -0.39 is 0 Å². The molecule has 0 aliphatic carbocycles. The Labute approximate surface area is 88.4 Å². The Morgan fingerprint density at radius 2 is 1.93 bits per heavy atom. The molecule has 3 heteroatoms. The predicted molar refractivity (Wildman–Crippen MR) is 54.4 cm³/mol. The van der Waals surface area contributed by atoms with Gasteiger partial charge in [-0.15, -0.1) is 0 Å². The van der Waals surface area contributed by atoms with Crippen LogP contribution in [-0.2, 0) is 10.3 Å². The lowest BCUT2D eigenvalue weighted by atomic mass is 9.84. The molecule has 3 nitrogen and oxygen atoms in total. The summed E-state index contributed by atoms with van der Waals surface area (Å²) >= 11 is 0. The van der Waals surface area contributed by atoms with Crippen molar-refractivity contribution in [3.8, 4) is 0 Å². The van der Waals surface area contributed by atoms with Gasteiger partial charge in [-0.1, -0.05) is 18.2 Å². The first kappa shape index (κ1) is 8.92. The van der Waals surface area contributed by atoms with Crippen LogP contribution in [0.3, 0.4) is 0 Å². The van der Waals surface area contributed by atoms with Crippen LogP contribution in [0.5, 0.6) is 0 Å². The highest BCUT2D eigenvalue weighted by Gasteiger charge is 2.46. The zero-order valence-electron chi connectivity index (χ0n) is 8.53. The Bertz CT molecular complexity index is 408. The van der Waals surface area contributed by atoms with Crippen molar-refractivity contribution in [2.45, 2.75) is 18.4 Å². The minimum absolute atomic E-state index is 0.146. The number of benzene rings is 1. The molecule has 3 rings (SSSR count). The van der Waals surface area contributed by atoms with E-state index in [1.54, 1.807) is 0 Å². The van der Waals surface area contributed by atoms with Crippen LogP contribution in [0, 0.1) is 0 Å². The van der Waals surface area contributed by atoms with Crippen molar-refractivity contribution in [1.29, 1.82) is 0 Å². The first-order valence-electron chi connectivity index (χ1n) is 5.46. The number of hydrogen-bond donors (Lipinski definition) is 1. The van der Waals surface area contributed by atoms with Gasteiger partial charge in [-0.05, 0) is 6.07 Å². The number of nitrogens with two attached hydrogens (primary N) is 1. The number of carbonyl (C=O) groups excluding carboxylic acids is 1. The van der Waals surface area contributed by atoms with Crippen molar-refractivity contribution in [3.05, 3.63) is 35.4 Å². The van der Waals surface area contributed by atoms with E-state index in [9.17, 15) is 4.79 Å². The second-order valence-corrected chi connectivity index (χ2v) is 4.30. The van der Waals surface area contributed by atoms with Gasteiger partial charge in [0, 0.05) is 18.4 Å². The van der Waals surface area contributed by atoms with Gasteiger partial charge in [-0.3, -0.25) is 0 Å². The smallest absolute Gasteiger partial charge is 0.339 e. The fourth-order valence-corrected chi connectivity index (χ4v) is 2.66. The lowest BCUT2D eigenvalue weighted by molar-refractivity contribution is -0.668. The SMILES string of the molecule is O=C1OC2(CC[NH2+]CC2)c2ccccc21. The molecule has 0 aromatic heterocycles. The molecular weight excluding hydrogens is 190 g/mol. The Hall–Kier alpha value is -1.35. The maximum Gasteiger partial charge on any atom is 0.339 e. The van der Waals surface area contributed by atoms with Crippen molar-refractivity contribution in [3.63, 3.8) is 0 Å². The van der Waals surface area contributed by atoms with Crippen LogP contribution in [0.1, 0.15) is 28.8 Å². The molecule has 78 valence electrons. The van der Waals surface area contributed by atoms with E-state index in [2.05, 4.69) is 5.32 Å². The first-order chi connectivity index (χ1) is 7.32. The Morgan fingerprint density at radius 3 is 2.73 bits per heavy atom. The fraction of sp³-hybridized carbons (Fsp3) is 0.417. The lowest BCUT2D eigenvalue weighted by Gasteiger charge is -2.31. The summed E-state index contributed by atoms with van der Waals surface area (Å²) in [5, 5.41) is 2.28. The van der Waals surface area contributed by atoms with Crippen molar-refractivity contribution in [1.82, 2.24) is 0 Å². The number of hydrogen-bond acceptors (Lipinski definition) is 2. The van der Waals surface area contributed by atoms with E-state index in [1.165, 1.54) is 0 Å². The van der Waals surface area contributed by atoms with Crippen LogP contribution in [-0.4, -0.2) is 19.1 Å². The highest BCUT2D eigenvalue weighted by atomic mass is 16.6. The first-order valence-corrected chi connectivity index (χ1v) is 5.46. The molecule has 1 spiro atoms. The maximum absolute atomic E-state index is 11.7. The lowest BCUT2D eigenvalue weighted by Crippen LogP contribution is -2.87. The average molecular weight is 204 g/mol. The minimum atomic E-state index is -0.303. The molecule has 2 N–H and O–H groups in total. The Balaban J connectivity index is 2.10. The molecule has 2 heterocycles. The average Bonchev–Trinajstić information content (AvgIpc) is 2.55. The standard InChI is InChI=1S/C12H13NO2/c14-11-9-3-1-2-4-10(9)12(15-11)5-7-13-8-6-12/h1-4,13H,5-8H2/p+1. The van der Waals surface area contributed by atoms with E-state index in [-0.39, 0.29) is 11.6 Å². The van der Waals surface area contributed by atoms with Crippen molar-refractivity contribution in [2.75, 3.05) is 13.1 Å². The Kier molecular flexibility index (Phi) is 1.83. The molecule has 1 saturated heterocycles. The third-order valence-electron chi connectivity index (χ3n) is 3.43. The van der Waals surface area contributed by atoms with E-state index in [0.717, 1.165) is 37.1 Å². The van der Waals surface area contributed by atoms with E-state index in [4.69, 9.17) is 4.74 Å². The molecule has 2 aliphatic rings. The van der Waals surface area contributed by atoms with Crippen molar-refractivity contribution < 1.29 is 14.8 Å². The molecule has 2 aliphatic heterocycles. The fourth-order valence-electron chi connectivity index (χ4n) is 2.66. The van der Waals surface area contributed by atoms with Crippen LogP contribution >= 0.6 is 0 Å². The van der Waals surface area contributed by atoms with Crippen LogP contribution in [0.25, 0.3) is 0 Å².